The molecule has 8 heteroatoms. The van der Waals surface area contributed by atoms with Crippen LogP contribution in [0.5, 0.6) is 0 Å². The summed E-state index contributed by atoms with van der Waals surface area (Å²) >= 11 is 5.64. The molecule has 2 N–H and O–H groups in total. The maximum atomic E-state index is 13.1. The van der Waals surface area contributed by atoms with E-state index in [0.717, 1.165) is 11.0 Å². The van der Waals surface area contributed by atoms with Gasteiger partial charge in [0.25, 0.3) is 5.91 Å². The standard InChI is InChI=1S/C16H19ClFN3O3/c1-9(2)7-16(3)14(23)21(15(24)20-16)8-13(22)19-10-4-5-12(18)11(17)6-10/h4-6,9H,7-8H2,1-3H3,(H,19,22)(H,20,24)/t16-/m1/s1. The second kappa shape index (κ2) is 6.76. The van der Waals surface area contributed by atoms with Gasteiger partial charge in [-0.2, -0.15) is 0 Å². The Hall–Kier alpha value is -2.15. The largest absolute Gasteiger partial charge is 0.325 e. The number of nitrogens with zero attached hydrogens (tertiary/aromatic N) is 1. The lowest BCUT2D eigenvalue weighted by molar-refractivity contribution is -0.133. The molecule has 1 aromatic carbocycles. The lowest BCUT2D eigenvalue weighted by atomic mass is 9.91. The van der Waals surface area contributed by atoms with Gasteiger partial charge >= 0.3 is 6.03 Å². The topological polar surface area (TPSA) is 78.5 Å². The van der Waals surface area contributed by atoms with E-state index in [1.807, 2.05) is 13.8 Å². The molecule has 4 amide bonds. The Morgan fingerprint density at radius 3 is 2.67 bits per heavy atom. The van der Waals surface area contributed by atoms with Crippen molar-refractivity contribution in [3.05, 3.63) is 29.0 Å². The summed E-state index contributed by atoms with van der Waals surface area (Å²) in [5, 5.41) is 4.98. The van der Waals surface area contributed by atoms with Crippen LogP contribution in [0.25, 0.3) is 0 Å². The van der Waals surface area contributed by atoms with Gasteiger partial charge in [0.05, 0.1) is 5.02 Å². The zero-order chi connectivity index (χ0) is 18.1. The van der Waals surface area contributed by atoms with Crippen molar-refractivity contribution in [3.8, 4) is 0 Å². The van der Waals surface area contributed by atoms with Gasteiger partial charge in [-0.05, 0) is 37.5 Å². The number of benzene rings is 1. The molecular formula is C16H19ClFN3O3. The van der Waals surface area contributed by atoms with Crippen LogP contribution >= 0.6 is 11.6 Å². The predicted octanol–water partition coefficient (Wildman–Crippen LogP) is 2.77. The summed E-state index contributed by atoms with van der Waals surface area (Å²) in [6, 6.07) is 3.11. The second-order valence-electron chi connectivity index (χ2n) is 6.43. The number of carbonyl (C=O) groups is 3. The number of imide groups is 1. The highest BCUT2D eigenvalue weighted by Crippen LogP contribution is 2.25. The predicted molar refractivity (Wildman–Crippen MR) is 88.1 cm³/mol. The number of halogens is 2. The molecule has 1 atom stereocenters. The van der Waals surface area contributed by atoms with Gasteiger partial charge in [0.15, 0.2) is 0 Å². The van der Waals surface area contributed by atoms with E-state index in [1.54, 1.807) is 6.92 Å². The van der Waals surface area contributed by atoms with Crippen molar-refractivity contribution in [2.45, 2.75) is 32.7 Å². The first kappa shape index (κ1) is 18.2. The third kappa shape index (κ3) is 3.84. The first-order chi connectivity index (χ1) is 11.1. The van der Waals surface area contributed by atoms with E-state index in [9.17, 15) is 18.8 Å². The Bertz CT molecular complexity index is 695. The van der Waals surface area contributed by atoms with Crippen LogP contribution in [-0.2, 0) is 9.59 Å². The van der Waals surface area contributed by atoms with Crippen molar-refractivity contribution in [1.29, 1.82) is 0 Å². The average Bonchev–Trinajstić information content (AvgIpc) is 2.65. The fraction of sp³-hybridized carbons (Fsp3) is 0.438. The summed E-state index contributed by atoms with van der Waals surface area (Å²) in [4.78, 5) is 37.4. The summed E-state index contributed by atoms with van der Waals surface area (Å²) in [6.07, 6.45) is 0.475. The molecule has 0 spiro atoms. The van der Waals surface area contributed by atoms with Gasteiger partial charge in [-0.15, -0.1) is 0 Å². The molecule has 1 saturated heterocycles. The summed E-state index contributed by atoms with van der Waals surface area (Å²) in [5.74, 6) is -1.41. The molecule has 0 aliphatic carbocycles. The van der Waals surface area contributed by atoms with Crippen LogP contribution in [0.4, 0.5) is 14.9 Å². The number of amides is 4. The number of hydrogen-bond acceptors (Lipinski definition) is 3. The smallest absolute Gasteiger partial charge is 0.324 e. The molecule has 1 aromatic rings. The molecule has 0 radical (unpaired) electrons. The number of hydrogen-bond donors (Lipinski definition) is 2. The van der Waals surface area contributed by atoms with Gasteiger partial charge in [0, 0.05) is 5.69 Å². The molecule has 2 rings (SSSR count). The van der Waals surface area contributed by atoms with Crippen molar-refractivity contribution in [2.75, 3.05) is 11.9 Å². The average molecular weight is 356 g/mol. The number of nitrogens with one attached hydrogen (secondary N) is 2. The fourth-order valence-electron chi connectivity index (χ4n) is 2.76. The lowest BCUT2D eigenvalue weighted by Gasteiger charge is -2.23. The molecule has 24 heavy (non-hydrogen) atoms. The summed E-state index contributed by atoms with van der Waals surface area (Å²) < 4.78 is 13.1. The Labute approximate surface area is 144 Å². The number of urea groups is 1. The Balaban J connectivity index is 2.04. The monoisotopic (exact) mass is 355 g/mol. The number of anilines is 1. The Kier molecular flexibility index (Phi) is 5.13. The van der Waals surface area contributed by atoms with Crippen LogP contribution in [0.2, 0.25) is 5.02 Å². The molecule has 1 heterocycles. The first-order valence-electron chi connectivity index (χ1n) is 7.51. The molecule has 6 nitrogen and oxygen atoms in total. The highest BCUT2D eigenvalue weighted by atomic mass is 35.5. The minimum absolute atomic E-state index is 0.132. The minimum Gasteiger partial charge on any atom is -0.324 e. The summed E-state index contributed by atoms with van der Waals surface area (Å²) in [6.45, 7) is 5.11. The fourth-order valence-corrected chi connectivity index (χ4v) is 2.94. The Morgan fingerprint density at radius 2 is 2.08 bits per heavy atom. The van der Waals surface area contributed by atoms with Crippen LogP contribution in [0, 0.1) is 11.7 Å². The number of carbonyl (C=O) groups excluding carboxylic acids is 3. The van der Waals surface area contributed by atoms with Crippen LogP contribution < -0.4 is 10.6 Å². The van der Waals surface area contributed by atoms with E-state index in [1.165, 1.54) is 12.1 Å². The lowest BCUT2D eigenvalue weighted by Crippen LogP contribution is -2.45. The van der Waals surface area contributed by atoms with Crippen LogP contribution in [-0.4, -0.2) is 34.8 Å². The van der Waals surface area contributed by atoms with Crippen molar-refractivity contribution in [1.82, 2.24) is 10.2 Å². The maximum absolute atomic E-state index is 13.1. The van der Waals surface area contributed by atoms with Crippen LogP contribution in [0.1, 0.15) is 27.2 Å². The zero-order valence-electron chi connectivity index (χ0n) is 13.7. The SMILES string of the molecule is CC(C)C[C@@]1(C)NC(=O)N(CC(=O)Nc2ccc(F)c(Cl)c2)C1=O. The van der Waals surface area contributed by atoms with Gasteiger partial charge in [0.2, 0.25) is 5.91 Å². The third-order valence-electron chi connectivity index (χ3n) is 3.67. The summed E-state index contributed by atoms with van der Waals surface area (Å²) in [5.41, 5.74) is -0.728. The van der Waals surface area contributed by atoms with Gasteiger partial charge in [-0.25, -0.2) is 9.18 Å². The van der Waals surface area contributed by atoms with E-state index in [4.69, 9.17) is 11.6 Å². The van der Waals surface area contributed by atoms with Gasteiger partial charge in [0.1, 0.15) is 17.9 Å². The second-order valence-corrected chi connectivity index (χ2v) is 6.84. The zero-order valence-corrected chi connectivity index (χ0v) is 14.4. The van der Waals surface area contributed by atoms with Crippen molar-refractivity contribution in [3.63, 3.8) is 0 Å². The van der Waals surface area contributed by atoms with E-state index in [0.29, 0.717) is 6.42 Å². The Morgan fingerprint density at radius 1 is 1.42 bits per heavy atom. The molecule has 1 fully saturated rings. The molecule has 0 bridgehead atoms. The van der Waals surface area contributed by atoms with Crippen molar-refractivity contribution in [2.24, 2.45) is 5.92 Å². The van der Waals surface area contributed by atoms with E-state index in [-0.39, 0.29) is 16.6 Å². The maximum Gasteiger partial charge on any atom is 0.325 e. The minimum atomic E-state index is -1.01. The highest BCUT2D eigenvalue weighted by Gasteiger charge is 2.48. The van der Waals surface area contributed by atoms with E-state index in [2.05, 4.69) is 10.6 Å². The van der Waals surface area contributed by atoms with Crippen molar-refractivity contribution < 1.29 is 18.8 Å². The molecule has 0 unspecified atom stereocenters. The van der Waals surface area contributed by atoms with Crippen LogP contribution in [0.3, 0.4) is 0 Å². The van der Waals surface area contributed by atoms with Gasteiger partial charge in [-0.3, -0.25) is 14.5 Å². The third-order valence-corrected chi connectivity index (χ3v) is 3.96. The van der Waals surface area contributed by atoms with Gasteiger partial charge < -0.3 is 10.6 Å². The number of rotatable bonds is 5. The molecular weight excluding hydrogens is 337 g/mol. The molecule has 130 valence electrons. The van der Waals surface area contributed by atoms with E-state index < -0.39 is 35.7 Å². The summed E-state index contributed by atoms with van der Waals surface area (Å²) in [7, 11) is 0. The van der Waals surface area contributed by atoms with E-state index >= 15 is 0 Å². The quantitative estimate of drug-likeness (QED) is 0.797. The normalized spacial score (nSPS) is 20.5. The molecule has 1 aliphatic rings. The van der Waals surface area contributed by atoms with Gasteiger partial charge in [-0.1, -0.05) is 25.4 Å². The molecule has 0 saturated carbocycles. The molecule has 0 aromatic heterocycles. The highest BCUT2D eigenvalue weighted by molar-refractivity contribution is 6.31. The van der Waals surface area contributed by atoms with Crippen molar-refractivity contribution >= 4 is 35.1 Å². The van der Waals surface area contributed by atoms with Crippen LogP contribution in [0.15, 0.2) is 18.2 Å². The molecule has 1 aliphatic heterocycles. The first-order valence-corrected chi connectivity index (χ1v) is 7.89.